The molecule has 228 valence electrons. The highest BCUT2D eigenvalue weighted by Gasteiger charge is 2.32. The fourth-order valence-corrected chi connectivity index (χ4v) is 6.05. The van der Waals surface area contributed by atoms with Gasteiger partial charge < -0.3 is 19.9 Å². The Hall–Kier alpha value is -3.92. The molecule has 1 N–H and O–H groups in total. The van der Waals surface area contributed by atoms with Crippen LogP contribution in [0.2, 0.25) is 5.02 Å². The van der Waals surface area contributed by atoms with Crippen LogP contribution in [0.1, 0.15) is 34.1 Å². The zero-order valence-electron chi connectivity index (χ0n) is 25.1. The Kier molecular flexibility index (Phi) is 10.5. The number of nitrogens with zero attached hydrogens (tertiary/aromatic N) is 4. The van der Waals surface area contributed by atoms with E-state index in [0.717, 1.165) is 41.3 Å². The van der Waals surface area contributed by atoms with Crippen molar-refractivity contribution in [3.05, 3.63) is 112 Å². The molecule has 1 aliphatic rings. The zero-order chi connectivity index (χ0) is 31.1. The van der Waals surface area contributed by atoms with E-state index in [1.54, 1.807) is 17.0 Å². The number of thioether (sulfide) groups is 1. The van der Waals surface area contributed by atoms with Crippen LogP contribution in [0, 0.1) is 20.8 Å². The van der Waals surface area contributed by atoms with E-state index < -0.39 is 6.04 Å². The normalized spacial score (nSPS) is 13.8. The molecule has 1 saturated heterocycles. The minimum Gasteiger partial charge on any atom is -0.378 e. The number of anilines is 2. The molecular weight excluding hydrogens is 594 g/mol. The molecule has 1 aliphatic heterocycles. The molecule has 0 saturated carbocycles. The first kappa shape index (κ1) is 31.5. The van der Waals surface area contributed by atoms with Gasteiger partial charge in [-0.25, -0.2) is 9.97 Å². The number of rotatable bonds is 10. The van der Waals surface area contributed by atoms with Crippen LogP contribution >= 0.6 is 23.4 Å². The number of aryl methyl sites for hydroxylation is 3. The van der Waals surface area contributed by atoms with Crippen molar-refractivity contribution < 1.29 is 14.3 Å². The third kappa shape index (κ3) is 8.37. The molecule has 0 aliphatic carbocycles. The van der Waals surface area contributed by atoms with Crippen molar-refractivity contribution in [1.82, 2.24) is 14.9 Å². The number of ether oxygens (including phenoxy) is 1. The van der Waals surface area contributed by atoms with Crippen molar-refractivity contribution in [2.24, 2.45) is 0 Å². The van der Waals surface area contributed by atoms with Crippen LogP contribution in [0.4, 0.5) is 11.4 Å². The van der Waals surface area contributed by atoms with Crippen LogP contribution in [0.3, 0.4) is 0 Å². The van der Waals surface area contributed by atoms with Crippen molar-refractivity contribution in [2.45, 2.75) is 38.5 Å². The highest BCUT2D eigenvalue weighted by Crippen LogP contribution is 2.29. The lowest BCUT2D eigenvalue weighted by molar-refractivity contribution is -0.137. The Labute approximate surface area is 267 Å². The van der Waals surface area contributed by atoms with Crippen LogP contribution in [-0.4, -0.2) is 58.7 Å². The molecule has 8 nitrogen and oxygen atoms in total. The molecule has 0 radical (unpaired) electrons. The van der Waals surface area contributed by atoms with E-state index in [9.17, 15) is 9.59 Å². The first-order chi connectivity index (χ1) is 21.2. The standard InChI is InChI=1S/C34H36ClN5O3S/c1-23-4-8-27(9-5-23)32(33(42)38-29-12-14-30(15-13-29)39-16-18-43-19-17-39)40(21-26-6-10-28(35)11-7-26)31(41)22-44-34-36-24(2)20-25(3)37-34/h4-15,20,32H,16-19,21-22H2,1-3H3,(H,38,42). The third-order valence-electron chi connectivity index (χ3n) is 7.34. The van der Waals surface area contributed by atoms with E-state index in [1.807, 2.05) is 87.5 Å². The molecule has 1 fully saturated rings. The molecule has 0 bridgehead atoms. The molecule has 4 aromatic rings. The molecule has 1 unspecified atom stereocenters. The number of benzene rings is 3. The summed E-state index contributed by atoms with van der Waals surface area (Å²) in [6, 6.07) is 23.8. The van der Waals surface area contributed by atoms with E-state index in [2.05, 4.69) is 20.2 Å². The van der Waals surface area contributed by atoms with Gasteiger partial charge in [0.2, 0.25) is 5.91 Å². The van der Waals surface area contributed by atoms with Crippen LogP contribution in [0.5, 0.6) is 0 Å². The van der Waals surface area contributed by atoms with E-state index in [4.69, 9.17) is 16.3 Å². The van der Waals surface area contributed by atoms with Crippen molar-refractivity contribution >= 4 is 46.6 Å². The Morgan fingerprint density at radius 1 is 0.932 bits per heavy atom. The van der Waals surface area contributed by atoms with Gasteiger partial charge in [-0.1, -0.05) is 65.3 Å². The highest BCUT2D eigenvalue weighted by atomic mass is 35.5. The van der Waals surface area contributed by atoms with Crippen LogP contribution in [0.25, 0.3) is 0 Å². The predicted molar refractivity (Wildman–Crippen MR) is 176 cm³/mol. The number of amides is 2. The smallest absolute Gasteiger partial charge is 0.251 e. The second-order valence-electron chi connectivity index (χ2n) is 10.8. The summed E-state index contributed by atoms with van der Waals surface area (Å²) in [5.41, 5.74) is 6.03. The predicted octanol–water partition coefficient (Wildman–Crippen LogP) is 6.39. The van der Waals surface area contributed by atoms with Gasteiger partial charge in [0.25, 0.3) is 5.91 Å². The lowest BCUT2D eigenvalue weighted by atomic mass is 10.0. The maximum absolute atomic E-state index is 14.2. The summed E-state index contributed by atoms with van der Waals surface area (Å²) in [5.74, 6) is -0.445. The second kappa shape index (κ2) is 14.7. The van der Waals surface area contributed by atoms with Gasteiger partial charge in [-0.05, 0) is 74.4 Å². The lowest BCUT2D eigenvalue weighted by Gasteiger charge is -2.32. The van der Waals surface area contributed by atoms with Gasteiger partial charge in [0.15, 0.2) is 5.16 Å². The monoisotopic (exact) mass is 629 g/mol. The number of carbonyl (C=O) groups excluding carboxylic acids is 2. The summed E-state index contributed by atoms with van der Waals surface area (Å²) >= 11 is 7.42. The molecule has 5 rings (SSSR count). The molecule has 3 aromatic carbocycles. The Morgan fingerprint density at radius 3 is 2.20 bits per heavy atom. The maximum atomic E-state index is 14.2. The van der Waals surface area contributed by atoms with Gasteiger partial charge in [-0.2, -0.15) is 0 Å². The Bertz CT molecular complexity index is 1560. The van der Waals surface area contributed by atoms with Crippen LogP contribution in [0.15, 0.2) is 84.0 Å². The number of halogens is 1. The van der Waals surface area contributed by atoms with Crippen LogP contribution in [-0.2, 0) is 20.9 Å². The van der Waals surface area contributed by atoms with Crippen molar-refractivity contribution in [3.8, 4) is 0 Å². The first-order valence-electron chi connectivity index (χ1n) is 14.5. The number of hydrogen-bond acceptors (Lipinski definition) is 7. The number of nitrogens with one attached hydrogen (secondary N) is 1. The van der Waals surface area contributed by atoms with Crippen molar-refractivity contribution in [3.63, 3.8) is 0 Å². The van der Waals surface area contributed by atoms with Crippen LogP contribution < -0.4 is 10.2 Å². The molecule has 1 aromatic heterocycles. The number of hydrogen-bond donors (Lipinski definition) is 1. The molecule has 2 amide bonds. The summed E-state index contributed by atoms with van der Waals surface area (Å²) in [7, 11) is 0. The third-order valence-corrected chi connectivity index (χ3v) is 8.42. The van der Waals surface area contributed by atoms with Crippen molar-refractivity contribution in [2.75, 3.05) is 42.3 Å². The molecule has 0 spiro atoms. The van der Waals surface area contributed by atoms with Gasteiger partial charge in [-0.3, -0.25) is 9.59 Å². The van der Waals surface area contributed by atoms with Gasteiger partial charge in [0.1, 0.15) is 6.04 Å². The second-order valence-corrected chi connectivity index (χ2v) is 12.2. The van der Waals surface area contributed by atoms with Gasteiger partial charge in [-0.15, -0.1) is 0 Å². The van der Waals surface area contributed by atoms with Gasteiger partial charge in [0.05, 0.1) is 19.0 Å². The Morgan fingerprint density at radius 2 is 1.57 bits per heavy atom. The van der Waals surface area contributed by atoms with Gasteiger partial charge >= 0.3 is 0 Å². The Balaban J connectivity index is 1.44. The summed E-state index contributed by atoms with van der Waals surface area (Å²) in [5, 5.41) is 4.20. The quantitative estimate of drug-likeness (QED) is 0.161. The maximum Gasteiger partial charge on any atom is 0.251 e. The van der Waals surface area contributed by atoms with E-state index >= 15 is 0 Å². The number of aromatic nitrogens is 2. The molecule has 44 heavy (non-hydrogen) atoms. The fraction of sp³-hybridized carbons (Fsp3) is 0.294. The molecule has 10 heteroatoms. The fourth-order valence-electron chi connectivity index (χ4n) is 5.09. The molecule has 2 heterocycles. The highest BCUT2D eigenvalue weighted by molar-refractivity contribution is 7.99. The largest absolute Gasteiger partial charge is 0.378 e. The minimum absolute atomic E-state index is 0.0698. The topological polar surface area (TPSA) is 87.7 Å². The van der Waals surface area contributed by atoms with E-state index in [0.29, 0.717) is 34.6 Å². The summed E-state index contributed by atoms with van der Waals surface area (Å²) in [4.78, 5) is 41.0. The average Bonchev–Trinajstić information content (AvgIpc) is 3.02. The number of carbonyl (C=O) groups is 2. The van der Waals surface area contributed by atoms with Crippen molar-refractivity contribution in [1.29, 1.82) is 0 Å². The lowest BCUT2D eigenvalue weighted by Crippen LogP contribution is -2.41. The summed E-state index contributed by atoms with van der Waals surface area (Å²) in [6.45, 7) is 9.06. The molecular formula is C34H36ClN5O3S. The zero-order valence-corrected chi connectivity index (χ0v) is 26.7. The molecule has 1 atom stereocenters. The minimum atomic E-state index is -0.890. The first-order valence-corrected chi connectivity index (χ1v) is 15.9. The average molecular weight is 630 g/mol. The summed E-state index contributed by atoms with van der Waals surface area (Å²) in [6.07, 6.45) is 0. The number of morpholine rings is 1. The summed E-state index contributed by atoms with van der Waals surface area (Å²) < 4.78 is 5.47. The SMILES string of the molecule is Cc1ccc(C(C(=O)Nc2ccc(N3CCOCC3)cc2)N(Cc2ccc(Cl)cc2)C(=O)CSc2nc(C)cc(C)n2)cc1. The van der Waals surface area contributed by atoms with E-state index in [1.165, 1.54) is 11.8 Å². The van der Waals surface area contributed by atoms with Gasteiger partial charge in [0, 0.05) is 47.4 Å². The van der Waals surface area contributed by atoms with E-state index in [-0.39, 0.29) is 24.1 Å².